The lowest BCUT2D eigenvalue weighted by Gasteiger charge is -2.30. The van der Waals surface area contributed by atoms with Crippen LogP contribution in [-0.2, 0) is 9.22 Å². The molecule has 0 rings (SSSR count). The zero-order valence-electron chi connectivity index (χ0n) is 12.2. The zero-order valence-corrected chi connectivity index (χ0v) is 13.2. The van der Waals surface area contributed by atoms with Gasteiger partial charge in [0, 0.05) is 6.92 Å². The zero-order chi connectivity index (χ0) is 13.1. The third kappa shape index (κ3) is 7.58. The number of carbonyl (C=O) groups excluding carboxylic acids is 1. The predicted octanol–water partition coefficient (Wildman–Crippen LogP) is 4.90. The van der Waals surface area contributed by atoms with Crippen molar-refractivity contribution < 1.29 is 9.22 Å². The molecule has 0 heterocycles. The van der Waals surface area contributed by atoms with Gasteiger partial charge in [0.25, 0.3) is 14.3 Å². The van der Waals surface area contributed by atoms with E-state index in [0.717, 1.165) is 0 Å². The molecule has 0 fully saturated rings. The minimum Gasteiger partial charge on any atom is -0.519 e. The molecule has 102 valence electrons. The summed E-state index contributed by atoms with van der Waals surface area (Å²) in [7, 11) is -1.77. The molecule has 2 nitrogen and oxygen atoms in total. The molecule has 0 radical (unpaired) electrons. The SMILES string of the molecule is CCCC[Si](CCCC)(CCCC)OC(C)=O. The molecule has 0 aromatic rings. The first-order valence-electron chi connectivity index (χ1n) is 7.29. The summed E-state index contributed by atoms with van der Waals surface area (Å²) in [6.07, 6.45) is 7.25. The van der Waals surface area contributed by atoms with Crippen LogP contribution >= 0.6 is 0 Å². The van der Waals surface area contributed by atoms with Gasteiger partial charge in [0.15, 0.2) is 0 Å². The highest BCUT2D eigenvalue weighted by Gasteiger charge is 2.35. The summed E-state index contributed by atoms with van der Waals surface area (Å²) < 4.78 is 5.84. The molecule has 0 unspecified atom stereocenters. The Morgan fingerprint density at radius 2 is 1.24 bits per heavy atom. The average molecular weight is 258 g/mol. The highest BCUT2D eigenvalue weighted by Crippen LogP contribution is 2.29. The van der Waals surface area contributed by atoms with E-state index in [4.69, 9.17) is 4.43 Å². The highest BCUT2D eigenvalue weighted by molar-refractivity contribution is 6.75. The average Bonchev–Trinajstić information content (AvgIpc) is 2.30. The van der Waals surface area contributed by atoms with Crippen molar-refractivity contribution in [3.8, 4) is 0 Å². The minimum absolute atomic E-state index is 0.0556. The van der Waals surface area contributed by atoms with Crippen molar-refractivity contribution >= 4 is 14.3 Å². The van der Waals surface area contributed by atoms with Gasteiger partial charge in [-0.25, -0.2) is 0 Å². The molecule has 17 heavy (non-hydrogen) atoms. The third-order valence-electron chi connectivity index (χ3n) is 3.32. The standard InChI is InChI=1S/C14H30O2Si/c1-5-8-11-17(12-9-6-2,13-10-7-3)16-14(4)15/h5-13H2,1-4H3. The van der Waals surface area contributed by atoms with E-state index < -0.39 is 8.32 Å². The van der Waals surface area contributed by atoms with E-state index in [2.05, 4.69) is 20.8 Å². The lowest BCUT2D eigenvalue weighted by Crippen LogP contribution is -2.39. The molecule has 0 aliphatic carbocycles. The minimum atomic E-state index is -1.77. The van der Waals surface area contributed by atoms with E-state index in [9.17, 15) is 4.79 Å². The van der Waals surface area contributed by atoms with Crippen LogP contribution in [0, 0.1) is 0 Å². The normalized spacial score (nSPS) is 11.5. The highest BCUT2D eigenvalue weighted by atomic mass is 28.4. The molecule has 0 atom stereocenters. The van der Waals surface area contributed by atoms with Crippen LogP contribution in [0.15, 0.2) is 0 Å². The van der Waals surface area contributed by atoms with Crippen molar-refractivity contribution in [2.45, 2.75) is 84.4 Å². The summed E-state index contributed by atoms with van der Waals surface area (Å²) in [5.41, 5.74) is 0. The second-order valence-corrected chi connectivity index (χ2v) is 9.16. The van der Waals surface area contributed by atoms with Gasteiger partial charge >= 0.3 is 0 Å². The van der Waals surface area contributed by atoms with Gasteiger partial charge in [0.1, 0.15) is 0 Å². The van der Waals surface area contributed by atoms with Gasteiger partial charge in [0.05, 0.1) is 0 Å². The lowest BCUT2D eigenvalue weighted by molar-refractivity contribution is -0.132. The van der Waals surface area contributed by atoms with Crippen molar-refractivity contribution in [2.24, 2.45) is 0 Å². The van der Waals surface area contributed by atoms with Gasteiger partial charge in [-0.15, -0.1) is 0 Å². The second-order valence-electron chi connectivity index (χ2n) is 5.09. The molecular formula is C14H30O2Si. The van der Waals surface area contributed by atoms with Crippen LogP contribution in [0.4, 0.5) is 0 Å². The Morgan fingerprint density at radius 1 is 0.882 bits per heavy atom. The smallest absolute Gasteiger partial charge is 0.289 e. The number of hydrogen-bond donors (Lipinski definition) is 0. The molecular weight excluding hydrogens is 228 g/mol. The van der Waals surface area contributed by atoms with Crippen LogP contribution in [0.5, 0.6) is 0 Å². The molecule has 0 bridgehead atoms. The van der Waals surface area contributed by atoms with E-state index >= 15 is 0 Å². The fourth-order valence-corrected chi connectivity index (χ4v) is 6.99. The van der Waals surface area contributed by atoms with Gasteiger partial charge in [-0.05, 0) is 18.1 Å². The quantitative estimate of drug-likeness (QED) is 0.521. The van der Waals surface area contributed by atoms with Gasteiger partial charge in [0.2, 0.25) is 0 Å². The number of hydrogen-bond acceptors (Lipinski definition) is 2. The van der Waals surface area contributed by atoms with Gasteiger partial charge in [-0.2, -0.15) is 0 Å². The molecule has 0 saturated heterocycles. The number of carbonyl (C=O) groups is 1. The Labute approximate surface area is 108 Å². The van der Waals surface area contributed by atoms with Crippen molar-refractivity contribution in [1.82, 2.24) is 0 Å². The molecule has 0 aromatic heterocycles. The fourth-order valence-electron chi connectivity index (χ4n) is 2.33. The van der Waals surface area contributed by atoms with Crippen LogP contribution in [-0.4, -0.2) is 14.3 Å². The molecule has 0 amide bonds. The van der Waals surface area contributed by atoms with Crippen LogP contribution in [0.3, 0.4) is 0 Å². The molecule has 0 spiro atoms. The molecule has 0 N–H and O–H groups in total. The number of rotatable bonds is 10. The summed E-state index contributed by atoms with van der Waals surface area (Å²) in [6, 6.07) is 3.51. The second kappa shape index (κ2) is 9.69. The van der Waals surface area contributed by atoms with Gasteiger partial charge < -0.3 is 4.43 Å². The molecule has 0 aromatic carbocycles. The van der Waals surface area contributed by atoms with E-state index in [-0.39, 0.29) is 5.97 Å². The van der Waals surface area contributed by atoms with Crippen LogP contribution in [0.1, 0.15) is 66.2 Å². The first kappa shape index (κ1) is 16.7. The predicted molar refractivity (Wildman–Crippen MR) is 76.7 cm³/mol. The van der Waals surface area contributed by atoms with Crippen LogP contribution < -0.4 is 0 Å². The fraction of sp³-hybridized carbons (Fsp3) is 0.929. The Balaban J connectivity index is 4.56. The maximum atomic E-state index is 11.4. The number of unbranched alkanes of at least 4 members (excludes halogenated alkanes) is 3. The lowest BCUT2D eigenvalue weighted by atomic mass is 10.4. The van der Waals surface area contributed by atoms with Gasteiger partial charge in [-0.1, -0.05) is 59.3 Å². The van der Waals surface area contributed by atoms with Crippen LogP contribution in [0.2, 0.25) is 18.1 Å². The maximum Gasteiger partial charge on any atom is 0.289 e. The Morgan fingerprint density at radius 3 is 1.47 bits per heavy atom. The molecule has 0 aliphatic rings. The molecule has 0 saturated carbocycles. The van der Waals surface area contributed by atoms with E-state index in [0.29, 0.717) is 0 Å². The monoisotopic (exact) mass is 258 g/mol. The van der Waals surface area contributed by atoms with E-state index in [1.165, 1.54) is 56.7 Å². The molecule has 0 aliphatic heterocycles. The Kier molecular flexibility index (Phi) is 9.51. The first-order valence-corrected chi connectivity index (χ1v) is 9.82. The van der Waals surface area contributed by atoms with Crippen molar-refractivity contribution in [3.63, 3.8) is 0 Å². The van der Waals surface area contributed by atoms with E-state index in [1.807, 2.05) is 0 Å². The van der Waals surface area contributed by atoms with Crippen molar-refractivity contribution in [1.29, 1.82) is 0 Å². The van der Waals surface area contributed by atoms with Crippen LogP contribution in [0.25, 0.3) is 0 Å². The summed E-state index contributed by atoms with van der Waals surface area (Å²) >= 11 is 0. The van der Waals surface area contributed by atoms with Crippen molar-refractivity contribution in [3.05, 3.63) is 0 Å². The largest absolute Gasteiger partial charge is 0.519 e. The first-order chi connectivity index (χ1) is 8.10. The summed E-state index contributed by atoms with van der Waals surface area (Å²) in [5.74, 6) is -0.0556. The van der Waals surface area contributed by atoms with Crippen molar-refractivity contribution in [2.75, 3.05) is 0 Å². The van der Waals surface area contributed by atoms with E-state index in [1.54, 1.807) is 6.92 Å². The topological polar surface area (TPSA) is 26.3 Å². The van der Waals surface area contributed by atoms with Gasteiger partial charge in [-0.3, -0.25) is 4.79 Å². The molecule has 3 heteroatoms. The summed E-state index contributed by atoms with van der Waals surface area (Å²) in [6.45, 7) is 8.22. The Bertz CT molecular complexity index is 183. The third-order valence-corrected chi connectivity index (χ3v) is 7.83. The summed E-state index contributed by atoms with van der Waals surface area (Å²) in [5, 5.41) is 0. The Hall–Kier alpha value is -0.313. The maximum absolute atomic E-state index is 11.4. The summed E-state index contributed by atoms with van der Waals surface area (Å²) in [4.78, 5) is 11.4.